The number of carbonyl (C=O) groups is 1. The molecule has 0 heterocycles. The quantitative estimate of drug-likeness (QED) is 0.542. The molecule has 0 aromatic rings. The molecule has 6 heteroatoms. The lowest BCUT2D eigenvalue weighted by Gasteiger charge is -2.24. The van der Waals surface area contributed by atoms with Crippen LogP contribution in [0.3, 0.4) is 0 Å². The van der Waals surface area contributed by atoms with Gasteiger partial charge in [0.25, 0.3) is 0 Å². The highest BCUT2D eigenvalue weighted by Crippen LogP contribution is 2.13. The maximum atomic E-state index is 11.2. The molecule has 0 saturated heterocycles. The van der Waals surface area contributed by atoms with Crippen LogP contribution in [-0.4, -0.2) is 38.8 Å². The SMILES string of the molecule is CC(C)(C)OC(=O)N(CCO)SO. The number of rotatable bonds is 3. The van der Waals surface area contributed by atoms with Crippen LogP contribution in [0.4, 0.5) is 4.79 Å². The molecule has 0 aliphatic carbocycles. The summed E-state index contributed by atoms with van der Waals surface area (Å²) in [6.07, 6.45) is -0.658. The number of carbonyl (C=O) groups excluding carboxylic acids is 1. The normalized spacial score (nSPS) is 11.2. The first-order valence-corrected chi connectivity index (χ1v) is 4.56. The molecule has 0 aromatic heterocycles. The minimum Gasteiger partial charge on any atom is -0.443 e. The van der Waals surface area contributed by atoms with E-state index in [0.29, 0.717) is 0 Å². The molecular weight excluding hydrogens is 194 g/mol. The lowest BCUT2D eigenvalue weighted by Crippen LogP contribution is -2.34. The van der Waals surface area contributed by atoms with Gasteiger partial charge in [-0.3, -0.25) is 0 Å². The predicted octanol–water partition coefficient (Wildman–Crippen LogP) is 1.34. The van der Waals surface area contributed by atoms with E-state index in [1.54, 1.807) is 20.8 Å². The highest BCUT2D eigenvalue weighted by atomic mass is 32.2. The second-order valence-electron chi connectivity index (χ2n) is 3.39. The van der Waals surface area contributed by atoms with Crippen LogP contribution in [0.25, 0.3) is 0 Å². The van der Waals surface area contributed by atoms with Gasteiger partial charge in [0, 0.05) is 0 Å². The Bertz CT molecular complexity index is 168. The van der Waals surface area contributed by atoms with E-state index >= 15 is 0 Å². The van der Waals surface area contributed by atoms with Crippen molar-refractivity contribution in [2.24, 2.45) is 0 Å². The van der Waals surface area contributed by atoms with Gasteiger partial charge in [-0.05, 0) is 20.8 Å². The van der Waals surface area contributed by atoms with Crippen LogP contribution < -0.4 is 0 Å². The van der Waals surface area contributed by atoms with Gasteiger partial charge in [-0.1, -0.05) is 0 Å². The highest BCUT2D eigenvalue weighted by molar-refractivity contribution is 7.91. The maximum Gasteiger partial charge on any atom is 0.422 e. The van der Waals surface area contributed by atoms with E-state index < -0.39 is 11.7 Å². The van der Waals surface area contributed by atoms with Crippen LogP contribution in [0.5, 0.6) is 0 Å². The zero-order valence-corrected chi connectivity index (χ0v) is 8.80. The average molecular weight is 209 g/mol. The summed E-state index contributed by atoms with van der Waals surface area (Å²) in [4.78, 5) is 11.2. The van der Waals surface area contributed by atoms with Gasteiger partial charge in [-0.15, -0.1) is 0 Å². The topological polar surface area (TPSA) is 70.0 Å². The molecule has 0 rings (SSSR count). The van der Waals surface area contributed by atoms with Crippen LogP contribution in [0.2, 0.25) is 0 Å². The summed E-state index contributed by atoms with van der Waals surface area (Å²) in [5.41, 5.74) is -0.597. The molecule has 78 valence electrons. The largest absolute Gasteiger partial charge is 0.443 e. The Morgan fingerprint density at radius 3 is 2.38 bits per heavy atom. The van der Waals surface area contributed by atoms with E-state index in [2.05, 4.69) is 0 Å². The Morgan fingerprint density at radius 2 is 2.08 bits per heavy atom. The van der Waals surface area contributed by atoms with Crippen molar-refractivity contribution in [3.63, 3.8) is 0 Å². The summed E-state index contributed by atoms with van der Waals surface area (Å²) in [7, 11) is 0. The van der Waals surface area contributed by atoms with E-state index in [0.717, 1.165) is 4.31 Å². The first-order valence-electron chi connectivity index (χ1n) is 3.83. The third kappa shape index (κ3) is 5.73. The molecule has 0 atom stereocenters. The van der Waals surface area contributed by atoms with Crippen molar-refractivity contribution in [3.8, 4) is 0 Å². The number of aliphatic hydroxyl groups excluding tert-OH is 1. The van der Waals surface area contributed by atoms with Crippen molar-refractivity contribution in [1.29, 1.82) is 0 Å². The highest BCUT2D eigenvalue weighted by Gasteiger charge is 2.21. The minimum absolute atomic E-state index is 0.0378. The van der Waals surface area contributed by atoms with Crippen LogP contribution in [0, 0.1) is 0 Å². The van der Waals surface area contributed by atoms with Gasteiger partial charge < -0.3 is 14.4 Å². The molecule has 2 N–H and O–H groups in total. The fourth-order valence-corrected chi connectivity index (χ4v) is 0.836. The van der Waals surface area contributed by atoms with Crippen LogP contribution in [-0.2, 0) is 4.74 Å². The standard InChI is InChI=1S/C7H15NO4S/c1-7(2,3)12-6(10)8(13-11)4-5-9/h9,11H,4-5H2,1-3H3. The second kappa shape index (κ2) is 5.31. The fourth-order valence-electron chi connectivity index (χ4n) is 0.569. The summed E-state index contributed by atoms with van der Waals surface area (Å²) in [6, 6.07) is 0. The monoisotopic (exact) mass is 209 g/mol. The van der Waals surface area contributed by atoms with Crippen LogP contribution >= 0.6 is 12.2 Å². The van der Waals surface area contributed by atoms with Gasteiger partial charge >= 0.3 is 6.09 Å². The number of nitrogens with zero attached hydrogens (tertiary/aromatic N) is 1. The third-order valence-electron chi connectivity index (χ3n) is 0.999. The third-order valence-corrected chi connectivity index (χ3v) is 1.53. The number of amides is 1. The molecule has 0 aromatic carbocycles. The zero-order chi connectivity index (χ0) is 10.5. The molecule has 0 aliphatic heterocycles. The molecule has 1 amide bonds. The van der Waals surface area contributed by atoms with E-state index in [1.807, 2.05) is 0 Å². The summed E-state index contributed by atoms with van der Waals surface area (Å²) < 4.78 is 14.5. The van der Waals surface area contributed by atoms with Gasteiger partial charge in [-0.25, -0.2) is 9.10 Å². The average Bonchev–Trinajstić information content (AvgIpc) is 1.96. The molecule has 0 radical (unpaired) electrons. The molecule has 0 unspecified atom stereocenters. The van der Waals surface area contributed by atoms with Crippen LogP contribution in [0.15, 0.2) is 0 Å². The molecule has 0 bridgehead atoms. The second-order valence-corrected chi connectivity index (χ2v) is 3.99. The summed E-state index contributed by atoms with van der Waals surface area (Å²) in [6.45, 7) is 5.00. The van der Waals surface area contributed by atoms with E-state index in [4.69, 9.17) is 14.4 Å². The van der Waals surface area contributed by atoms with Gasteiger partial charge in [0.05, 0.1) is 13.2 Å². The van der Waals surface area contributed by atoms with Crippen molar-refractivity contribution in [2.45, 2.75) is 26.4 Å². The molecule has 0 spiro atoms. The maximum absolute atomic E-state index is 11.2. The van der Waals surface area contributed by atoms with E-state index in [1.165, 1.54) is 0 Å². The lowest BCUT2D eigenvalue weighted by molar-refractivity contribution is 0.0379. The number of hydrogen-bond acceptors (Lipinski definition) is 5. The van der Waals surface area contributed by atoms with E-state index in [9.17, 15) is 4.79 Å². The van der Waals surface area contributed by atoms with Crippen LogP contribution in [0.1, 0.15) is 20.8 Å². The number of aliphatic hydroxyl groups is 1. The Morgan fingerprint density at radius 1 is 1.54 bits per heavy atom. The molecule has 0 saturated carbocycles. The molecule has 0 fully saturated rings. The van der Waals surface area contributed by atoms with Gasteiger partial charge in [-0.2, -0.15) is 0 Å². The molecule has 0 aliphatic rings. The first kappa shape index (κ1) is 12.5. The Kier molecular flexibility index (Phi) is 5.12. The summed E-state index contributed by atoms with van der Waals surface area (Å²) in [5.74, 6) is 0. The smallest absolute Gasteiger partial charge is 0.422 e. The van der Waals surface area contributed by atoms with Crippen molar-refractivity contribution >= 4 is 18.3 Å². The molecule has 5 nitrogen and oxygen atoms in total. The van der Waals surface area contributed by atoms with Gasteiger partial charge in [0.1, 0.15) is 17.8 Å². The lowest BCUT2D eigenvalue weighted by atomic mass is 10.2. The zero-order valence-electron chi connectivity index (χ0n) is 7.98. The van der Waals surface area contributed by atoms with Gasteiger partial charge in [0.15, 0.2) is 0 Å². The van der Waals surface area contributed by atoms with Gasteiger partial charge in [0.2, 0.25) is 0 Å². The van der Waals surface area contributed by atoms with Crippen molar-refractivity contribution < 1.29 is 19.2 Å². The number of ether oxygens (including phenoxy) is 1. The van der Waals surface area contributed by atoms with E-state index in [-0.39, 0.29) is 25.4 Å². The van der Waals surface area contributed by atoms with Crippen molar-refractivity contribution in [1.82, 2.24) is 4.31 Å². The summed E-state index contributed by atoms with van der Waals surface area (Å²) >= 11 is 0.242. The Balaban J connectivity index is 4.06. The minimum atomic E-state index is -0.658. The predicted molar refractivity (Wildman–Crippen MR) is 50.2 cm³/mol. The number of hydrogen-bond donors (Lipinski definition) is 2. The Hall–Kier alpha value is -0.460. The summed E-state index contributed by atoms with van der Waals surface area (Å²) in [5, 5.41) is 8.54. The first-order chi connectivity index (χ1) is 5.90. The molecule has 13 heavy (non-hydrogen) atoms. The van der Waals surface area contributed by atoms with Crippen molar-refractivity contribution in [2.75, 3.05) is 13.2 Å². The van der Waals surface area contributed by atoms with Crippen molar-refractivity contribution in [3.05, 3.63) is 0 Å². The molecular formula is C7H15NO4S. The Labute approximate surface area is 82.0 Å². The fraction of sp³-hybridized carbons (Fsp3) is 0.857.